The molecular formula is C15H26N2. The lowest BCUT2D eigenvalue weighted by Gasteiger charge is -2.37. The highest BCUT2D eigenvalue weighted by Crippen LogP contribution is 2.33. The summed E-state index contributed by atoms with van der Waals surface area (Å²) in [4.78, 5) is 2.37. The van der Waals surface area contributed by atoms with E-state index in [4.69, 9.17) is 0 Å². The molecule has 0 saturated heterocycles. The Morgan fingerprint density at radius 2 is 1.82 bits per heavy atom. The third-order valence-corrected chi connectivity index (χ3v) is 3.42. The molecule has 0 aliphatic carbocycles. The summed E-state index contributed by atoms with van der Waals surface area (Å²) in [5, 5.41) is 3.46. The van der Waals surface area contributed by atoms with E-state index >= 15 is 0 Å². The van der Waals surface area contributed by atoms with E-state index < -0.39 is 0 Å². The lowest BCUT2D eigenvalue weighted by atomic mass is 9.80. The molecule has 1 atom stereocenters. The van der Waals surface area contributed by atoms with Crippen molar-refractivity contribution in [3.05, 3.63) is 35.9 Å². The van der Waals surface area contributed by atoms with Gasteiger partial charge in [-0.3, -0.25) is 0 Å². The Balaban J connectivity index is 2.86. The van der Waals surface area contributed by atoms with Crippen LogP contribution in [0.15, 0.2) is 30.3 Å². The van der Waals surface area contributed by atoms with E-state index in [0.717, 1.165) is 13.1 Å². The van der Waals surface area contributed by atoms with Gasteiger partial charge in [-0.05, 0) is 31.6 Å². The molecule has 0 amide bonds. The molecule has 1 aromatic rings. The van der Waals surface area contributed by atoms with Crippen LogP contribution in [-0.4, -0.2) is 32.1 Å². The number of hydrogen-bond acceptors (Lipinski definition) is 2. The van der Waals surface area contributed by atoms with Gasteiger partial charge in [-0.15, -0.1) is 0 Å². The van der Waals surface area contributed by atoms with Crippen LogP contribution >= 0.6 is 0 Å². The van der Waals surface area contributed by atoms with Gasteiger partial charge in [0.1, 0.15) is 0 Å². The fourth-order valence-corrected chi connectivity index (χ4v) is 2.55. The summed E-state index contributed by atoms with van der Waals surface area (Å²) >= 11 is 0. The minimum atomic E-state index is 0.209. The molecule has 0 fully saturated rings. The van der Waals surface area contributed by atoms with E-state index in [1.54, 1.807) is 0 Å². The molecule has 1 unspecified atom stereocenters. The topological polar surface area (TPSA) is 15.3 Å². The molecule has 1 rings (SSSR count). The van der Waals surface area contributed by atoms with E-state index in [9.17, 15) is 0 Å². The zero-order valence-electron chi connectivity index (χ0n) is 11.8. The van der Waals surface area contributed by atoms with Crippen molar-refractivity contribution in [1.29, 1.82) is 0 Å². The van der Waals surface area contributed by atoms with Gasteiger partial charge in [0.05, 0.1) is 0 Å². The predicted octanol–water partition coefficient (Wildman–Crippen LogP) is 2.93. The molecule has 0 heterocycles. The molecule has 0 bridgehead atoms. The third kappa shape index (κ3) is 3.83. The molecule has 0 aliphatic rings. The smallest absolute Gasteiger partial charge is 0.0381 e. The van der Waals surface area contributed by atoms with Crippen LogP contribution in [0.2, 0.25) is 0 Å². The molecule has 2 nitrogen and oxygen atoms in total. The van der Waals surface area contributed by atoms with Gasteiger partial charge < -0.3 is 10.2 Å². The Kier molecular flexibility index (Phi) is 5.16. The van der Waals surface area contributed by atoms with Crippen LogP contribution in [0.5, 0.6) is 0 Å². The molecule has 96 valence electrons. The van der Waals surface area contributed by atoms with Gasteiger partial charge in [-0.25, -0.2) is 0 Å². The molecule has 1 N–H and O–H groups in total. The Labute approximate surface area is 106 Å². The van der Waals surface area contributed by atoms with Crippen LogP contribution in [0.3, 0.4) is 0 Å². The fourth-order valence-electron chi connectivity index (χ4n) is 2.55. The summed E-state index contributed by atoms with van der Waals surface area (Å²) in [7, 11) is 4.23. The zero-order valence-corrected chi connectivity index (χ0v) is 11.8. The second kappa shape index (κ2) is 6.18. The number of rotatable bonds is 6. The highest BCUT2D eigenvalue weighted by Gasteiger charge is 2.30. The van der Waals surface area contributed by atoms with Crippen molar-refractivity contribution < 1.29 is 0 Å². The molecule has 17 heavy (non-hydrogen) atoms. The summed E-state index contributed by atoms with van der Waals surface area (Å²) in [6.45, 7) is 9.03. The van der Waals surface area contributed by atoms with Crippen molar-refractivity contribution in [2.45, 2.75) is 26.8 Å². The first-order chi connectivity index (χ1) is 8.01. The predicted molar refractivity (Wildman–Crippen MR) is 75.2 cm³/mol. The van der Waals surface area contributed by atoms with Crippen LogP contribution in [0.25, 0.3) is 0 Å². The first-order valence-corrected chi connectivity index (χ1v) is 6.42. The van der Waals surface area contributed by atoms with Gasteiger partial charge in [0.25, 0.3) is 0 Å². The summed E-state index contributed by atoms with van der Waals surface area (Å²) in [6.07, 6.45) is 0. The minimum Gasteiger partial charge on any atom is -0.313 e. The van der Waals surface area contributed by atoms with Crippen molar-refractivity contribution >= 4 is 0 Å². The third-order valence-electron chi connectivity index (χ3n) is 3.42. The second-order valence-electron chi connectivity index (χ2n) is 5.45. The van der Waals surface area contributed by atoms with Gasteiger partial charge in [-0.1, -0.05) is 51.1 Å². The molecule has 1 aromatic carbocycles. The zero-order chi connectivity index (χ0) is 12.9. The maximum Gasteiger partial charge on any atom is 0.0381 e. The lowest BCUT2D eigenvalue weighted by molar-refractivity contribution is 0.166. The molecule has 0 aromatic heterocycles. The Bertz CT molecular complexity index is 319. The van der Waals surface area contributed by atoms with Crippen molar-refractivity contribution in [1.82, 2.24) is 10.2 Å². The summed E-state index contributed by atoms with van der Waals surface area (Å²) in [6, 6.07) is 11.1. The Morgan fingerprint density at radius 1 is 1.24 bits per heavy atom. The quantitative estimate of drug-likeness (QED) is 0.814. The van der Waals surface area contributed by atoms with Crippen LogP contribution < -0.4 is 5.32 Å². The van der Waals surface area contributed by atoms with E-state index in [0.29, 0.717) is 6.04 Å². The summed E-state index contributed by atoms with van der Waals surface area (Å²) in [5.41, 5.74) is 1.57. The highest BCUT2D eigenvalue weighted by molar-refractivity contribution is 5.21. The maximum absolute atomic E-state index is 3.46. The van der Waals surface area contributed by atoms with E-state index in [2.05, 4.69) is 68.4 Å². The minimum absolute atomic E-state index is 0.209. The van der Waals surface area contributed by atoms with Gasteiger partial charge in [0, 0.05) is 12.6 Å². The first kappa shape index (κ1) is 14.2. The van der Waals surface area contributed by atoms with E-state index in [1.165, 1.54) is 5.56 Å². The van der Waals surface area contributed by atoms with Crippen molar-refractivity contribution in [3.63, 3.8) is 0 Å². The summed E-state index contributed by atoms with van der Waals surface area (Å²) in [5.74, 6) is 0. The molecule has 0 radical (unpaired) electrons. The standard InChI is InChI=1S/C15H26N2/c1-6-17(5)12-15(2,3)14(16-4)13-10-8-7-9-11-13/h7-11,14,16H,6,12H2,1-5H3. The maximum atomic E-state index is 3.46. The average molecular weight is 234 g/mol. The van der Waals surface area contributed by atoms with Crippen LogP contribution in [0.1, 0.15) is 32.4 Å². The number of nitrogens with one attached hydrogen (secondary N) is 1. The number of nitrogens with zero attached hydrogens (tertiary/aromatic N) is 1. The van der Waals surface area contributed by atoms with Crippen LogP contribution in [0, 0.1) is 5.41 Å². The largest absolute Gasteiger partial charge is 0.313 e. The van der Waals surface area contributed by atoms with Crippen LogP contribution in [-0.2, 0) is 0 Å². The molecule has 0 saturated carbocycles. The Morgan fingerprint density at radius 3 is 2.29 bits per heavy atom. The lowest BCUT2D eigenvalue weighted by Crippen LogP contribution is -2.40. The Hall–Kier alpha value is -0.860. The normalized spacial score (nSPS) is 14.0. The van der Waals surface area contributed by atoms with Gasteiger partial charge in [0.2, 0.25) is 0 Å². The number of hydrogen-bond donors (Lipinski definition) is 1. The SMILES string of the molecule is CCN(C)CC(C)(C)C(NC)c1ccccc1. The monoisotopic (exact) mass is 234 g/mol. The summed E-state index contributed by atoms with van der Waals surface area (Å²) < 4.78 is 0. The highest BCUT2D eigenvalue weighted by atomic mass is 15.1. The molecular weight excluding hydrogens is 208 g/mol. The average Bonchev–Trinajstić information content (AvgIpc) is 2.30. The van der Waals surface area contributed by atoms with Crippen molar-refractivity contribution in [2.24, 2.45) is 5.41 Å². The molecule has 0 aliphatic heterocycles. The molecule has 2 heteroatoms. The van der Waals surface area contributed by atoms with Gasteiger partial charge in [-0.2, -0.15) is 0 Å². The van der Waals surface area contributed by atoms with Gasteiger partial charge >= 0.3 is 0 Å². The number of benzene rings is 1. The molecule has 0 spiro atoms. The van der Waals surface area contributed by atoms with Crippen molar-refractivity contribution in [2.75, 3.05) is 27.2 Å². The first-order valence-electron chi connectivity index (χ1n) is 6.42. The van der Waals surface area contributed by atoms with Crippen molar-refractivity contribution in [3.8, 4) is 0 Å². The fraction of sp³-hybridized carbons (Fsp3) is 0.600. The van der Waals surface area contributed by atoms with Gasteiger partial charge in [0.15, 0.2) is 0 Å². The van der Waals surface area contributed by atoms with Crippen LogP contribution in [0.4, 0.5) is 0 Å². The van der Waals surface area contributed by atoms with E-state index in [-0.39, 0.29) is 5.41 Å². The van der Waals surface area contributed by atoms with E-state index in [1.807, 2.05) is 7.05 Å². The second-order valence-corrected chi connectivity index (χ2v) is 5.45.